The highest BCUT2D eigenvalue weighted by Gasteiger charge is 2.26. The molecule has 0 unspecified atom stereocenters. The largest absolute Gasteiger partial charge is 0.385 e. The second-order valence-corrected chi connectivity index (χ2v) is 5.39. The van der Waals surface area contributed by atoms with E-state index in [-0.39, 0.29) is 11.6 Å². The lowest BCUT2D eigenvalue weighted by atomic mass is 9.93. The van der Waals surface area contributed by atoms with Crippen molar-refractivity contribution >= 4 is 22.5 Å². The topological polar surface area (TPSA) is 74.8 Å². The number of pyridine rings is 1. The number of hydrogen-bond acceptors (Lipinski definition) is 4. The van der Waals surface area contributed by atoms with Crippen LogP contribution in [0, 0.1) is 0 Å². The monoisotopic (exact) mass is 303 g/mol. The number of Topliss-reactive ketones (excluding diaryl/α,β-unsaturated/α-hetero) is 1. The summed E-state index contributed by atoms with van der Waals surface area (Å²) in [5, 5.41) is 3.82. The highest BCUT2D eigenvalue weighted by Crippen LogP contribution is 2.26. The van der Waals surface area contributed by atoms with Crippen LogP contribution in [0.25, 0.3) is 22.3 Å². The first-order valence-corrected chi connectivity index (χ1v) is 7.24. The van der Waals surface area contributed by atoms with Crippen LogP contribution >= 0.6 is 0 Å². The van der Waals surface area contributed by atoms with E-state index in [9.17, 15) is 9.59 Å². The summed E-state index contributed by atoms with van der Waals surface area (Å²) in [6.07, 6.45) is 2.81. The van der Waals surface area contributed by atoms with Gasteiger partial charge in [-0.05, 0) is 18.2 Å². The van der Waals surface area contributed by atoms with Gasteiger partial charge in [0.1, 0.15) is 0 Å². The van der Waals surface area contributed by atoms with Gasteiger partial charge in [-0.2, -0.15) is 0 Å². The van der Waals surface area contributed by atoms with E-state index in [0.717, 1.165) is 16.6 Å². The highest BCUT2D eigenvalue weighted by molar-refractivity contribution is 6.24. The number of aromatic amines is 1. The smallest absolute Gasteiger partial charge is 0.211 e. The van der Waals surface area contributed by atoms with Gasteiger partial charge in [0, 0.05) is 35.8 Å². The predicted octanol–water partition coefficient (Wildman–Crippen LogP) is 2.71. The summed E-state index contributed by atoms with van der Waals surface area (Å²) in [6, 6.07) is 11.6. The fourth-order valence-corrected chi connectivity index (χ4v) is 2.80. The Labute approximate surface area is 132 Å². The van der Waals surface area contributed by atoms with Crippen molar-refractivity contribution in [1.82, 2.24) is 15.3 Å². The zero-order valence-electron chi connectivity index (χ0n) is 12.4. The molecule has 0 saturated carbocycles. The number of ketones is 2. The molecule has 23 heavy (non-hydrogen) atoms. The summed E-state index contributed by atoms with van der Waals surface area (Å²) in [5.74, 6) is -0.401. The van der Waals surface area contributed by atoms with E-state index in [1.807, 2.05) is 30.3 Å². The molecular weight excluding hydrogens is 290 g/mol. The molecule has 3 aromatic rings. The molecule has 2 aromatic heterocycles. The van der Waals surface area contributed by atoms with E-state index < -0.39 is 0 Å². The molecule has 0 atom stereocenters. The van der Waals surface area contributed by atoms with E-state index in [0.29, 0.717) is 22.5 Å². The number of nitrogens with one attached hydrogen (secondary N) is 2. The van der Waals surface area contributed by atoms with Crippen molar-refractivity contribution in [1.29, 1.82) is 0 Å². The maximum absolute atomic E-state index is 12.3. The number of para-hydroxylation sites is 1. The van der Waals surface area contributed by atoms with Gasteiger partial charge in [-0.3, -0.25) is 14.6 Å². The molecule has 0 spiro atoms. The number of benzene rings is 1. The van der Waals surface area contributed by atoms with Crippen LogP contribution in [0.1, 0.15) is 20.7 Å². The van der Waals surface area contributed by atoms with E-state index in [4.69, 9.17) is 0 Å². The molecule has 1 aliphatic carbocycles. The van der Waals surface area contributed by atoms with Crippen LogP contribution in [0.15, 0.2) is 54.4 Å². The van der Waals surface area contributed by atoms with Crippen LogP contribution in [0.4, 0.5) is 0 Å². The maximum Gasteiger partial charge on any atom is 0.211 e. The van der Waals surface area contributed by atoms with Crippen molar-refractivity contribution in [2.45, 2.75) is 0 Å². The molecule has 0 aliphatic heterocycles. The number of allylic oxidation sites excluding steroid dienone is 2. The number of likely N-dealkylation sites (N-methyl/N-ethyl adjacent to an activating group) is 1. The van der Waals surface area contributed by atoms with Crippen LogP contribution in [-0.2, 0) is 0 Å². The van der Waals surface area contributed by atoms with Crippen molar-refractivity contribution < 1.29 is 9.59 Å². The molecule has 2 heterocycles. The van der Waals surface area contributed by atoms with Crippen molar-refractivity contribution in [2.75, 3.05) is 7.05 Å². The first-order valence-electron chi connectivity index (χ1n) is 7.24. The molecule has 5 heteroatoms. The number of hydrogen-bond donors (Lipinski definition) is 2. The molecule has 1 aromatic carbocycles. The van der Waals surface area contributed by atoms with Gasteiger partial charge in [0.05, 0.1) is 22.6 Å². The molecule has 112 valence electrons. The second kappa shape index (κ2) is 4.91. The number of carbonyl (C=O) groups excluding carboxylic acids is 2. The van der Waals surface area contributed by atoms with Gasteiger partial charge >= 0.3 is 0 Å². The standard InChI is InChI=1S/C18H13N3O2/c1-19-16-8-17(22)11-7-14(20-9-12(11)18(16)23)15-6-10-4-2-3-5-13(10)21-15/h2-9,19,21H,1H3. The molecule has 5 nitrogen and oxygen atoms in total. The first-order chi connectivity index (χ1) is 11.2. The Bertz CT molecular complexity index is 965. The van der Waals surface area contributed by atoms with Crippen LogP contribution in [0.2, 0.25) is 0 Å². The van der Waals surface area contributed by atoms with Crippen LogP contribution in [0.5, 0.6) is 0 Å². The Kier molecular flexibility index (Phi) is 2.87. The van der Waals surface area contributed by atoms with Gasteiger partial charge in [-0.1, -0.05) is 18.2 Å². The molecule has 0 amide bonds. The number of aromatic nitrogens is 2. The summed E-state index contributed by atoms with van der Waals surface area (Å²) in [6.45, 7) is 0. The van der Waals surface area contributed by atoms with Crippen LogP contribution in [-0.4, -0.2) is 28.6 Å². The minimum atomic E-state index is -0.210. The lowest BCUT2D eigenvalue weighted by molar-refractivity contribution is 0.0979. The molecular formula is C18H13N3O2. The maximum atomic E-state index is 12.3. The normalized spacial score (nSPS) is 13.9. The molecule has 1 aliphatic rings. The third kappa shape index (κ3) is 2.05. The van der Waals surface area contributed by atoms with Crippen LogP contribution in [0.3, 0.4) is 0 Å². The summed E-state index contributed by atoms with van der Waals surface area (Å²) in [4.78, 5) is 32.1. The summed E-state index contributed by atoms with van der Waals surface area (Å²) < 4.78 is 0. The van der Waals surface area contributed by atoms with E-state index in [2.05, 4.69) is 15.3 Å². The molecule has 0 radical (unpaired) electrons. The zero-order chi connectivity index (χ0) is 16.0. The number of carbonyl (C=O) groups is 2. The molecule has 0 fully saturated rings. The van der Waals surface area contributed by atoms with Crippen molar-refractivity contribution in [2.24, 2.45) is 0 Å². The molecule has 2 N–H and O–H groups in total. The number of rotatable bonds is 2. The van der Waals surface area contributed by atoms with E-state index in [1.165, 1.54) is 12.3 Å². The Hall–Kier alpha value is -3.21. The van der Waals surface area contributed by atoms with Gasteiger partial charge in [0.25, 0.3) is 0 Å². The van der Waals surface area contributed by atoms with Gasteiger partial charge in [-0.15, -0.1) is 0 Å². The minimum Gasteiger partial charge on any atom is -0.385 e. The van der Waals surface area contributed by atoms with Crippen molar-refractivity contribution in [3.05, 3.63) is 65.5 Å². The summed E-state index contributed by atoms with van der Waals surface area (Å²) in [7, 11) is 1.62. The third-order valence-corrected chi connectivity index (χ3v) is 4.01. The fourth-order valence-electron chi connectivity index (χ4n) is 2.80. The quantitative estimate of drug-likeness (QED) is 0.763. The summed E-state index contributed by atoms with van der Waals surface area (Å²) in [5.41, 5.74) is 3.48. The van der Waals surface area contributed by atoms with Gasteiger partial charge in [0.15, 0.2) is 5.78 Å². The molecule has 0 saturated heterocycles. The van der Waals surface area contributed by atoms with Gasteiger partial charge < -0.3 is 10.3 Å². The average Bonchev–Trinajstić information content (AvgIpc) is 3.01. The third-order valence-electron chi connectivity index (χ3n) is 4.01. The van der Waals surface area contributed by atoms with Crippen molar-refractivity contribution in [3.8, 4) is 11.4 Å². The minimum absolute atomic E-state index is 0.191. The predicted molar refractivity (Wildman–Crippen MR) is 87.3 cm³/mol. The molecule has 4 rings (SSSR count). The Morgan fingerprint density at radius 1 is 1.09 bits per heavy atom. The number of fused-ring (bicyclic) bond motifs is 2. The van der Waals surface area contributed by atoms with Crippen molar-refractivity contribution in [3.63, 3.8) is 0 Å². The molecule has 0 bridgehead atoms. The summed E-state index contributed by atoms with van der Waals surface area (Å²) >= 11 is 0. The lowest BCUT2D eigenvalue weighted by Gasteiger charge is -2.14. The van der Waals surface area contributed by atoms with Crippen LogP contribution < -0.4 is 5.32 Å². The zero-order valence-corrected chi connectivity index (χ0v) is 12.4. The second-order valence-electron chi connectivity index (χ2n) is 5.39. The Balaban J connectivity index is 1.84. The van der Waals surface area contributed by atoms with E-state index in [1.54, 1.807) is 13.1 Å². The SMILES string of the molecule is CNC1=CC(=O)c2cc(-c3cc4ccccc4[nH]3)ncc2C1=O. The highest BCUT2D eigenvalue weighted by atomic mass is 16.1. The van der Waals surface area contributed by atoms with E-state index >= 15 is 0 Å². The number of H-pyrrole nitrogens is 1. The first kappa shape index (κ1) is 13.5. The Morgan fingerprint density at radius 3 is 2.70 bits per heavy atom. The number of nitrogens with zero attached hydrogens (tertiary/aromatic N) is 1. The fraction of sp³-hybridized carbons (Fsp3) is 0.0556. The van der Waals surface area contributed by atoms with Gasteiger partial charge in [0.2, 0.25) is 5.78 Å². The van der Waals surface area contributed by atoms with Gasteiger partial charge in [-0.25, -0.2) is 0 Å². The lowest BCUT2D eigenvalue weighted by Crippen LogP contribution is -2.24. The average molecular weight is 303 g/mol. The Morgan fingerprint density at radius 2 is 1.91 bits per heavy atom.